The molecule has 10 rings (SSSR count). The molecule has 4 heteroatoms. The van der Waals surface area contributed by atoms with E-state index in [9.17, 15) is 0 Å². The highest BCUT2D eigenvalue weighted by Gasteiger charge is 2.60. The van der Waals surface area contributed by atoms with Crippen molar-refractivity contribution in [3.05, 3.63) is 259 Å². The van der Waals surface area contributed by atoms with Crippen molar-refractivity contribution in [3.8, 4) is 0 Å². The second-order valence-corrected chi connectivity index (χ2v) is 17.2. The molecule has 1 spiro atoms. The lowest BCUT2D eigenvalue weighted by Crippen LogP contribution is -2.41. The van der Waals surface area contributed by atoms with Gasteiger partial charge >= 0.3 is 0 Å². The SMILES string of the molecule is Cc1cccc(C2(N)C=CC3=C4C=CC(N)(c5cccc(C)c5)C=C4C4(C3=C2)C2=CC(N)(c3cccc(C)c3)C=CC2=C2C=CC(N)(c3cccc(C)c3)C=C24)c1. The maximum absolute atomic E-state index is 7.59. The average Bonchev–Trinajstić information content (AvgIpc) is 3.62. The number of rotatable bonds is 4. The van der Waals surface area contributed by atoms with Crippen molar-refractivity contribution >= 4 is 0 Å². The van der Waals surface area contributed by atoms with E-state index in [-0.39, 0.29) is 0 Å². The Morgan fingerprint density at radius 1 is 0.333 bits per heavy atom. The first-order valence-corrected chi connectivity index (χ1v) is 19.9. The quantitative estimate of drug-likeness (QED) is 0.168. The van der Waals surface area contributed by atoms with E-state index in [1.807, 2.05) is 0 Å². The number of hydrogen-bond acceptors (Lipinski definition) is 4. The van der Waals surface area contributed by atoms with Crippen molar-refractivity contribution in [2.45, 2.75) is 49.9 Å². The van der Waals surface area contributed by atoms with Gasteiger partial charge in [0, 0.05) is 0 Å². The van der Waals surface area contributed by atoms with Crippen LogP contribution in [0.3, 0.4) is 0 Å². The van der Waals surface area contributed by atoms with Gasteiger partial charge in [0.25, 0.3) is 0 Å². The number of hydrogen-bond donors (Lipinski definition) is 4. The summed E-state index contributed by atoms with van der Waals surface area (Å²) in [5, 5.41) is 0. The minimum absolute atomic E-state index is 0.855. The van der Waals surface area contributed by atoms with Crippen LogP contribution in [0.25, 0.3) is 0 Å². The van der Waals surface area contributed by atoms with Crippen molar-refractivity contribution in [1.82, 2.24) is 0 Å². The lowest BCUT2D eigenvalue weighted by atomic mass is 9.61. The Bertz CT molecular complexity index is 2410. The van der Waals surface area contributed by atoms with Gasteiger partial charge in [0.2, 0.25) is 0 Å². The molecule has 0 aliphatic heterocycles. The molecule has 6 aliphatic rings. The Labute approximate surface area is 336 Å². The minimum Gasteiger partial charge on any atom is -0.315 e. The molecule has 0 saturated heterocycles. The van der Waals surface area contributed by atoms with Crippen molar-refractivity contribution in [3.63, 3.8) is 0 Å². The van der Waals surface area contributed by atoms with E-state index in [1.165, 1.54) is 0 Å². The maximum Gasteiger partial charge on any atom is 0.0792 e. The van der Waals surface area contributed by atoms with Crippen molar-refractivity contribution in [1.29, 1.82) is 0 Å². The summed E-state index contributed by atoms with van der Waals surface area (Å²) in [6.07, 6.45) is 26.7. The first-order valence-electron chi connectivity index (χ1n) is 19.9. The molecule has 6 aliphatic carbocycles. The Kier molecular flexibility index (Phi) is 7.52. The summed E-state index contributed by atoms with van der Waals surface area (Å²) in [6, 6.07) is 34.1. The van der Waals surface area contributed by atoms with Crippen LogP contribution in [-0.2, 0) is 22.2 Å². The molecular weight excluding hydrogens is 693 g/mol. The van der Waals surface area contributed by atoms with Crippen molar-refractivity contribution in [2.75, 3.05) is 0 Å². The van der Waals surface area contributed by atoms with E-state index in [0.717, 1.165) is 89.1 Å². The van der Waals surface area contributed by atoms with Gasteiger partial charge in [-0.2, -0.15) is 0 Å². The summed E-state index contributed by atoms with van der Waals surface area (Å²) in [6.45, 7) is 8.46. The number of fused-ring (bicyclic) bond motifs is 8. The van der Waals surface area contributed by atoms with Crippen LogP contribution in [0.1, 0.15) is 44.5 Å². The summed E-state index contributed by atoms with van der Waals surface area (Å²) in [7, 11) is 0. The van der Waals surface area contributed by atoms with Gasteiger partial charge in [-0.05, 0) is 94.5 Å². The number of allylic oxidation sites excluding steroid dienone is 12. The highest BCUT2D eigenvalue weighted by atomic mass is 14.8. The van der Waals surface area contributed by atoms with Crippen LogP contribution in [0.15, 0.2) is 215 Å². The summed E-state index contributed by atoms with van der Waals surface area (Å²) in [5.41, 5.74) is 43.6. The normalized spacial score (nSPS) is 30.5. The van der Waals surface area contributed by atoms with Crippen LogP contribution in [0, 0.1) is 33.1 Å². The first kappa shape index (κ1) is 35.5. The van der Waals surface area contributed by atoms with E-state index >= 15 is 0 Å². The molecule has 57 heavy (non-hydrogen) atoms. The molecule has 0 radical (unpaired) electrons. The second kappa shape index (κ2) is 12.1. The summed E-state index contributed by atoms with van der Waals surface area (Å²) >= 11 is 0. The fraction of sp³-hybridized carbons (Fsp3) is 0.170. The van der Waals surface area contributed by atoms with Gasteiger partial charge in [-0.15, -0.1) is 0 Å². The van der Waals surface area contributed by atoms with E-state index in [1.54, 1.807) is 0 Å². The highest BCUT2D eigenvalue weighted by molar-refractivity contribution is 5.88. The molecule has 4 unspecified atom stereocenters. The average molecular weight is 741 g/mol. The fourth-order valence-corrected chi connectivity index (χ4v) is 10.1. The van der Waals surface area contributed by atoms with Gasteiger partial charge < -0.3 is 22.9 Å². The predicted octanol–water partition coefficient (Wildman–Crippen LogP) is 9.23. The molecule has 0 amide bonds. The van der Waals surface area contributed by atoms with Gasteiger partial charge in [-0.3, -0.25) is 0 Å². The Morgan fingerprint density at radius 3 is 0.772 bits per heavy atom. The summed E-state index contributed by atoms with van der Waals surface area (Å²) in [4.78, 5) is 0. The van der Waals surface area contributed by atoms with Gasteiger partial charge in [-0.25, -0.2) is 0 Å². The summed E-state index contributed by atoms with van der Waals surface area (Å²) in [5.74, 6) is 0. The van der Waals surface area contributed by atoms with Crippen LogP contribution in [0.2, 0.25) is 0 Å². The molecule has 4 aromatic rings. The topological polar surface area (TPSA) is 104 Å². The van der Waals surface area contributed by atoms with E-state index in [0.29, 0.717) is 0 Å². The number of nitrogens with two attached hydrogens (primary N) is 4. The third-order valence-corrected chi connectivity index (χ3v) is 13.1. The third kappa shape index (κ3) is 5.15. The molecule has 8 N–H and O–H groups in total. The van der Waals surface area contributed by atoms with Crippen LogP contribution in [-0.4, -0.2) is 0 Å². The molecule has 0 aromatic heterocycles. The zero-order valence-electron chi connectivity index (χ0n) is 33.0. The molecule has 0 bridgehead atoms. The first-order chi connectivity index (χ1) is 27.2. The molecule has 0 fully saturated rings. The lowest BCUT2D eigenvalue weighted by Gasteiger charge is -2.43. The van der Waals surface area contributed by atoms with Crippen molar-refractivity contribution < 1.29 is 0 Å². The second-order valence-electron chi connectivity index (χ2n) is 17.2. The van der Waals surface area contributed by atoms with E-state index < -0.39 is 27.6 Å². The fourth-order valence-electron chi connectivity index (χ4n) is 10.1. The molecule has 4 atom stereocenters. The maximum atomic E-state index is 7.59. The standard InChI is InChI=1S/C53H48N4/c1-33-9-5-13-37(25-33)49(54)21-17-41-42-18-22-50(55,38-14-6-10-34(2)26-38)30-46(42)53(45(41)29-49)47-31-51(56,39-15-7-11-35(3)27-39)23-19-43(47)44-20-24-52(57,32-48(44)53)40-16-8-12-36(4)28-40/h5-32H,54-57H2,1-4H3. The smallest absolute Gasteiger partial charge is 0.0792 e. The zero-order chi connectivity index (χ0) is 39.5. The molecular formula is C53H48N4. The Balaban J connectivity index is 1.32. The van der Waals surface area contributed by atoms with Gasteiger partial charge in [0.15, 0.2) is 0 Å². The Hall–Kier alpha value is -5.88. The van der Waals surface area contributed by atoms with Crippen LogP contribution in [0.4, 0.5) is 0 Å². The van der Waals surface area contributed by atoms with Gasteiger partial charge in [-0.1, -0.05) is 192 Å². The third-order valence-electron chi connectivity index (χ3n) is 13.1. The summed E-state index contributed by atoms with van der Waals surface area (Å²) < 4.78 is 0. The number of benzene rings is 4. The zero-order valence-corrected chi connectivity index (χ0v) is 33.0. The van der Waals surface area contributed by atoms with Gasteiger partial charge in [0.05, 0.1) is 27.6 Å². The van der Waals surface area contributed by atoms with E-state index in [4.69, 9.17) is 22.9 Å². The molecule has 0 heterocycles. The van der Waals surface area contributed by atoms with Gasteiger partial charge in [0.1, 0.15) is 0 Å². The predicted molar refractivity (Wildman–Crippen MR) is 234 cm³/mol. The minimum atomic E-state index is -0.891. The molecule has 4 aromatic carbocycles. The van der Waals surface area contributed by atoms with Crippen LogP contribution >= 0.6 is 0 Å². The monoisotopic (exact) mass is 740 g/mol. The Morgan fingerprint density at radius 2 is 0.561 bits per heavy atom. The molecule has 0 saturated carbocycles. The van der Waals surface area contributed by atoms with E-state index in [2.05, 4.69) is 198 Å². The lowest BCUT2D eigenvalue weighted by molar-refractivity contribution is 0.591. The largest absolute Gasteiger partial charge is 0.315 e. The van der Waals surface area contributed by atoms with Crippen LogP contribution in [0.5, 0.6) is 0 Å². The molecule has 4 nitrogen and oxygen atoms in total. The van der Waals surface area contributed by atoms with Crippen LogP contribution < -0.4 is 22.9 Å². The van der Waals surface area contributed by atoms with Crippen molar-refractivity contribution in [2.24, 2.45) is 28.3 Å². The number of aryl methyl sites for hydroxylation is 4. The molecule has 280 valence electrons. The highest BCUT2D eigenvalue weighted by Crippen LogP contribution is 2.70.